The number of rotatable bonds is 4. The van der Waals surface area contributed by atoms with E-state index in [4.69, 9.17) is 9.94 Å². The van der Waals surface area contributed by atoms with Crippen LogP contribution in [0.25, 0.3) is 0 Å². The number of amides is 1. The van der Waals surface area contributed by atoms with Gasteiger partial charge in [0, 0.05) is 10.0 Å². The van der Waals surface area contributed by atoms with E-state index in [1.807, 2.05) is 13.0 Å². The van der Waals surface area contributed by atoms with Gasteiger partial charge in [-0.3, -0.25) is 9.63 Å². The largest absolute Gasteiger partial charge is 0.394 e. The molecule has 1 aromatic rings. The van der Waals surface area contributed by atoms with Gasteiger partial charge < -0.3 is 5.11 Å². The highest BCUT2D eigenvalue weighted by Crippen LogP contribution is 2.17. The second-order valence-electron chi connectivity index (χ2n) is 2.97. The van der Waals surface area contributed by atoms with Gasteiger partial charge in [0.05, 0.1) is 13.2 Å². The Morgan fingerprint density at radius 2 is 2.33 bits per heavy atom. The molecule has 0 aliphatic rings. The van der Waals surface area contributed by atoms with E-state index in [0.717, 1.165) is 10.0 Å². The van der Waals surface area contributed by atoms with Crippen LogP contribution in [0.3, 0.4) is 0 Å². The molecule has 1 amide bonds. The van der Waals surface area contributed by atoms with E-state index in [1.54, 1.807) is 12.1 Å². The molecular formula is C10H12BrNO3. The summed E-state index contributed by atoms with van der Waals surface area (Å²) in [5.74, 6) is -0.329. The van der Waals surface area contributed by atoms with Crippen molar-refractivity contribution in [3.05, 3.63) is 33.8 Å². The van der Waals surface area contributed by atoms with Crippen LogP contribution in [-0.2, 0) is 4.84 Å². The van der Waals surface area contributed by atoms with Crippen molar-refractivity contribution in [3.8, 4) is 0 Å². The van der Waals surface area contributed by atoms with Crippen molar-refractivity contribution in [2.24, 2.45) is 0 Å². The van der Waals surface area contributed by atoms with Crippen LogP contribution in [-0.4, -0.2) is 24.2 Å². The van der Waals surface area contributed by atoms with E-state index < -0.39 is 0 Å². The summed E-state index contributed by atoms with van der Waals surface area (Å²) in [6.07, 6.45) is 0. The Morgan fingerprint density at radius 3 is 2.93 bits per heavy atom. The first-order valence-corrected chi connectivity index (χ1v) is 5.23. The molecule has 0 aliphatic heterocycles. The van der Waals surface area contributed by atoms with E-state index in [1.165, 1.54) is 0 Å². The van der Waals surface area contributed by atoms with Crippen molar-refractivity contribution in [1.29, 1.82) is 0 Å². The molecule has 1 rings (SSSR count). The van der Waals surface area contributed by atoms with E-state index in [-0.39, 0.29) is 19.1 Å². The Hall–Kier alpha value is -0.910. The van der Waals surface area contributed by atoms with Gasteiger partial charge in [-0.15, -0.1) is 0 Å². The molecule has 1 aromatic carbocycles. The zero-order valence-electron chi connectivity index (χ0n) is 8.29. The zero-order chi connectivity index (χ0) is 11.3. The van der Waals surface area contributed by atoms with E-state index in [0.29, 0.717) is 5.56 Å². The molecule has 0 saturated carbocycles. The number of carbonyl (C=O) groups is 1. The van der Waals surface area contributed by atoms with Gasteiger partial charge in [0.25, 0.3) is 5.91 Å². The summed E-state index contributed by atoms with van der Waals surface area (Å²) in [5.41, 5.74) is 3.79. The fraction of sp³-hybridized carbons (Fsp3) is 0.300. The number of aliphatic hydroxyl groups excluding tert-OH is 1. The normalized spacial score (nSPS) is 10.1. The number of hydrogen-bond acceptors (Lipinski definition) is 3. The number of nitrogens with one attached hydrogen (secondary N) is 1. The van der Waals surface area contributed by atoms with E-state index >= 15 is 0 Å². The Kier molecular flexibility index (Phi) is 4.74. The van der Waals surface area contributed by atoms with E-state index in [9.17, 15) is 4.79 Å². The maximum Gasteiger partial charge on any atom is 0.274 e. The molecule has 4 nitrogen and oxygen atoms in total. The van der Waals surface area contributed by atoms with Gasteiger partial charge in [-0.05, 0) is 24.6 Å². The third-order valence-corrected chi connectivity index (χ3v) is 2.65. The van der Waals surface area contributed by atoms with Crippen LogP contribution in [0.15, 0.2) is 22.7 Å². The number of halogens is 1. The number of benzene rings is 1. The molecule has 5 heteroatoms. The number of aliphatic hydroxyl groups is 1. The Balaban J connectivity index is 2.62. The van der Waals surface area contributed by atoms with Crippen LogP contribution in [0, 0.1) is 6.92 Å². The fourth-order valence-corrected chi connectivity index (χ4v) is 1.33. The van der Waals surface area contributed by atoms with Gasteiger partial charge in [-0.1, -0.05) is 22.0 Å². The lowest BCUT2D eigenvalue weighted by Gasteiger charge is -2.05. The minimum absolute atomic E-state index is 0.0821. The Labute approximate surface area is 96.3 Å². The first-order valence-electron chi connectivity index (χ1n) is 4.44. The summed E-state index contributed by atoms with van der Waals surface area (Å²) < 4.78 is 0.873. The molecule has 15 heavy (non-hydrogen) atoms. The maximum absolute atomic E-state index is 11.4. The molecule has 0 atom stereocenters. The molecule has 0 aromatic heterocycles. The SMILES string of the molecule is Cc1ccc(C(=O)NOCCO)cc1Br. The summed E-state index contributed by atoms with van der Waals surface area (Å²) >= 11 is 3.34. The standard InChI is InChI=1S/C10H12BrNO3/c1-7-2-3-8(6-9(7)11)10(14)12-15-5-4-13/h2-3,6,13H,4-5H2,1H3,(H,12,14). The summed E-state index contributed by atoms with van der Waals surface area (Å²) in [7, 11) is 0. The second kappa shape index (κ2) is 5.85. The highest BCUT2D eigenvalue weighted by atomic mass is 79.9. The summed E-state index contributed by atoms with van der Waals surface area (Å²) in [6, 6.07) is 5.26. The molecule has 0 radical (unpaired) electrons. The van der Waals surface area contributed by atoms with Crippen molar-refractivity contribution in [2.45, 2.75) is 6.92 Å². The van der Waals surface area contributed by atoms with Crippen LogP contribution >= 0.6 is 15.9 Å². The number of hydroxylamine groups is 1. The monoisotopic (exact) mass is 273 g/mol. The maximum atomic E-state index is 11.4. The van der Waals surface area contributed by atoms with Crippen LogP contribution < -0.4 is 5.48 Å². The third-order valence-electron chi connectivity index (χ3n) is 1.79. The van der Waals surface area contributed by atoms with Gasteiger partial charge >= 0.3 is 0 Å². The Morgan fingerprint density at radius 1 is 1.60 bits per heavy atom. The molecule has 2 N–H and O–H groups in total. The molecule has 82 valence electrons. The van der Waals surface area contributed by atoms with Gasteiger partial charge in [0.1, 0.15) is 0 Å². The van der Waals surface area contributed by atoms with Gasteiger partial charge in [0.2, 0.25) is 0 Å². The molecule has 0 heterocycles. The van der Waals surface area contributed by atoms with Gasteiger partial charge in [0.15, 0.2) is 0 Å². The quantitative estimate of drug-likeness (QED) is 0.644. The van der Waals surface area contributed by atoms with Gasteiger partial charge in [-0.25, -0.2) is 5.48 Å². The minimum atomic E-state index is -0.329. The first kappa shape index (κ1) is 12.2. The molecular weight excluding hydrogens is 262 g/mol. The predicted molar refractivity (Wildman–Crippen MR) is 59.4 cm³/mol. The number of hydrogen-bond donors (Lipinski definition) is 2. The first-order chi connectivity index (χ1) is 7.15. The predicted octanol–water partition coefficient (Wildman–Crippen LogP) is 1.41. The average molecular weight is 274 g/mol. The van der Waals surface area contributed by atoms with Crippen molar-refractivity contribution in [3.63, 3.8) is 0 Å². The van der Waals surface area contributed by atoms with Crippen molar-refractivity contribution in [2.75, 3.05) is 13.2 Å². The van der Waals surface area contributed by atoms with Crippen molar-refractivity contribution in [1.82, 2.24) is 5.48 Å². The lowest BCUT2D eigenvalue weighted by Crippen LogP contribution is -2.25. The van der Waals surface area contributed by atoms with Crippen molar-refractivity contribution < 1.29 is 14.7 Å². The summed E-state index contributed by atoms with van der Waals surface area (Å²) in [4.78, 5) is 16.1. The summed E-state index contributed by atoms with van der Waals surface area (Å²) in [5, 5.41) is 8.45. The lowest BCUT2D eigenvalue weighted by atomic mass is 10.1. The molecule has 0 unspecified atom stereocenters. The van der Waals surface area contributed by atoms with Crippen LogP contribution in [0.2, 0.25) is 0 Å². The smallest absolute Gasteiger partial charge is 0.274 e. The molecule has 0 aliphatic carbocycles. The molecule has 0 saturated heterocycles. The molecule has 0 spiro atoms. The Bertz CT molecular complexity index is 355. The molecule has 0 fully saturated rings. The number of carbonyl (C=O) groups excluding carboxylic acids is 1. The summed E-state index contributed by atoms with van der Waals surface area (Å²) in [6.45, 7) is 1.89. The lowest BCUT2D eigenvalue weighted by molar-refractivity contribution is 0.0168. The van der Waals surface area contributed by atoms with Crippen molar-refractivity contribution >= 4 is 21.8 Å². The average Bonchev–Trinajstić information content (AvgIpc) is 2.22. The van der Waals surface area contributed by atoms with Crippen LogP contribution in [0.4, 0.5) is 0 Å². The highest BCUT2D eigenvalue weighted by Gasteiger charge is 2.06. The van der Waals surface area contributed by atoms with Crippen LogP contribution in [0.5, 0.6) is 0 Å². The van der Waals surface area contributed by atoms with Gasteiger partial charge in [-0.2, -0.15) is 0 Å². The topological polar surface area (TPSA) is 58.6 Å². The fourth-order valence-electron chi connectivity index (χ4n) is 0.955. The van der Waals surface area contributed by atoms with Crippen LogP contribution in [0.1, 0.15) is 15.9 Å². The third kappa shape index (κ3) is 3.62. The number of aryl methyl sites for hydroxylation is 1. The van der Waals surface area contributed by atoms with E-state index in [2.05, 4.69) is 21.4 Å². The second-order valence-corrected chi connectivity index (χ2v) is 3.82. The highest BCUT2D eigenvalue weighted by molar-refractivity contribution is 9.10. The molecule has 0 bridgehead atoms. The minimum Gasteiger partial charge on any atom is -0.394 e. The zero-order valence-corrected chi connectivity index (χ0v) is 9.87.